The normalized spacial score (nSPS) is 25.8. The van der Waals surface area contributed by atoms with Gasteiger partial charge in [0.2, 0.25) is 17.7 Å². The summed E-state index contributed by atoms with van der Waals surface area (Å²) in [7, 11) is 2.74. The average molecular weight is 651 g/mol. The lowest BCUT2D eigenvalue weighted by Gasteiger charge is -2.46. The van der Waals surface area contributed by atoms with Gasteiger partial charge in [-0.15, -0.1) is 5.10 Å². The molecule has 2 aliphatic carbocycles. The first-order chi connectivity index (χ1) is 21.3. The van der Waals surface area contributed by atoms with Crippen LogP contribution in [0.25, 0.3) is 0 Å². The van der Waals surface area contributed by atoms with Gasteiger partial charge < -0.3 is 19.9 Å². The molecule has 1 aromatic carbocycles. The zero-order valence-electron chi connectivity index (χ0n) is 25.7. The van der Waals surface area contributed by atoms with Gasteiger partial charge in [-0.3, -0.25) is 14.4 Å². The van der Waals surface area contributed by atoms with Crippen LogP contribution < -0.4 is 10.1 Å². The predicted molar refractivity (Wildman–Crippen MR) is 157 cm³/mol. The minimum atomic E-state index is -4.69. The fraction of sp³-hybridized carbons (Fsp3) is 0.645. The van der Waals surface area contributed by atoms with Crippen LogP contribution in [-0.2, 0) is 40.6 Å². The smallest absolute Gasteiger partial charge is 0.435 e. The lowest BCUT2D eigenvalue weighted by molar-refractivity contribution is -0.153. The molecule has 4 aliphatic rings. The second-order valence-electron chi connectivity index (χ2n) is 13.3. The molecular weight excluding hydrogens is 613 g/mol. The summed E-state index contributed by atoms with van der Waals surface area (Å²) in [6, 6.07) is 2.55. The largest absolute Gasteiger partial charge is 0.487 e. The summed E-state index contributed by atoms with van der Waals surface area (Å²) in [5.74, 6) is -0.656. The average Bonchev–Trinajstić information content (AvgIpc) is 3.52. The molecule has 3 atom stereocenters. The van der Waals surface area contributed by atoms with Gasteiger partial charge in [0.1, 0.15) is 18.1 Å². The number of aromatic nitrogens is 3. The van der Waals surface area contributed by atoms with E-state index in [0.29, 0.717) is 54.0 Å². The van der Waals surface area contributed by atoms with Crippen molar-refractivity contribution >= 4 is 29.3 Å². The van der Waals surface area contributed by atoms with Crippen molar-refractivity contribution in [2.75, 3.05) is 26.7 Å². The highest BCUT2D eigenvalue weighted by Crippen LogP contribution is 2.54. The van der Waals surface area contributed by atoms with Gasteiger partial charge in [0.05, 0.1) is 17.4 Å². The van der Waals surface area contributed by atoms with Gasteiger partial charge in [0.25, 0.3) is 0 Å². The number of benzene rings is 1. The van der Waals surface area contributed by atoms with Crippen LogP contribution in [0.5, 0.6) is 5.75 Å². The molecule has 3 amide bonds. The van der Waals surface area contributed by atoms with E-state index in [1.807, 2.05) is 6.92 Å². The van der Waals surface area contributed by atoms with E-state index in [0.717, 1.165) is 31.2 Å². The number of amides is 3. The SMILES string of the molecule is CNC(=O)[C@@]1(C)CCCC[C@H]1C(=O)N1CCc2c(Cl)ccc(OCc3nnn(C)c3C(F)(F)F)c2C1CN1CC2(CC2)CC1=O. The van der Waals surface area contributed by atoms with Crippen LogP contribution in [0, 0.1) is 16.7 Å². The third-order valence-electron chi connectivity index (χ3n) is 10.4. The number of carbonyl (C=O) groups excluding carboxylic acids is 3. The molecule has 1 spiro atoms. The number of rotatable bonds is 7. The van der Waals surface area contributed by atoms with Gasteiger partial charge in [-0.05, 0) is 62.1 Å². The second kappa shape index (κ2) is 11.5. The first kappa shape index (κ1) is 31.6. The fourth-order valence-electron chi connectivity index (χ4n) is 7.71. The van der Waals surface area contributed by atoms with Gasteiger partial charge in [-0.1, -0.05) is 29.7 Å². The Hall–Kier alpha value is -3.35. The minimum Gasteiger partial charge on any atom is -0.487 e. The molecule has 2 saturated carbocycles. The Morgan fingerprint density at radius 3 is 2.62 bits per heavy atom. The van der Waals surface area contributed by atoms with Crippen LogP contribution in [0.1, 0.15) is 80.4 Å². The standard InChI is InChI=1S/C31H38ClF3N6O4/c1-29(28(44)36-2)10-5-4-6-19(29)27(43)41-13-9-18-20(32)7-8-23(45-16-21-26(31(33,34)35)39(3)38-37-21)25(18)22(41)15-40-17-30(11-12-30)14-24(40)42/h7-8,19,22H,4-6,9-17H2,1-3H3,(H,36,44)/t19-,22?,29-/m0/s1. The number of hydrogen-bond donors (Lipinski definition) is 1. The second-order valence-corrected chi connectivity index (χ2v) is 13.7. The summed E-state index contributed by atoms with van der Waals surface area (Å²) in [5, 5.41) is 10.4. The van der Waals surface area contributed by atoms with Crippen LogP contribution in [0.2, 0.25) is 5.02 Å². The maximum absolute atomic E-state index is 14.6. The summed E-state index contributed by atoms with van der Waals surface area (Å²) >= 11 is 6.70. The quantitative estimate of drug-likeness (QED) is 0.475. The number of halogens is 4. The molecule has 244 valence electrons. The van der Waals surface area contributed by atoms with Crippen molar-refractivity contribution in [2.45, 2.75) is 77.1 Å². The lowest BCUT2D eigenvalue weighted by atomic mass is 9.66. The molecule has 6 rings (SSSR count). The topological polar surface area (TPSA) is 110 Å². The molecule has 1 aromatic heterocycles. The van der Waals surface area contributed by atoms with Gasteiger partial charge in [-0.2, -0.15) is 13.2 Å². The van der Waals surface area contributed by atoms with E-state index in [4.69, 9.17) is 16.3 Å². The van der Waals surface area contributed by atoms with Crippen LogP contribution in [0.4, 0.5) is 13.2 Å². The number of carbonyl (C=O) groups is 3. The Morgan fingerprint density at radius 1 is 1.20 bits per heavy atom. The summed E-state index contributed by atoms with van der Waals surface area (Å²) in [6.07, 6.45) is 0.885. The monoisotopic (exact) mass is 650 g/mol. The Kier molecular flexibility index (Phi) is 8.06. The highest BCUT2D eigenvalue weighted by molar-refractivity contribution is 6.31. The first-order valence-corrected chi connectivity index (χ1v) is 15.9. The molecular formula is C31H38ClF3N6O4. The van der Waals surface area contributed by atoms with Crippen molar-refractivity contribution in [3.05, 3.63) is 39.7 Å². The Bertz CT molecular complexity index is 1530. The van der Waals surface area contributed by atoms with Crippen molar-refractivity contribution in [2.24, 2.45) is 23.8 Å². The maximum atomic E-state index is 14.6. The maximum Gasteiger partial charge on any atom is 0.435 e. The van der Waals surface area contributed by atoms with Crippen molar-refractivity contribution < 1.29 is 32.3 Å². The molecule has 1 unspecified atom stereocenters. The Labute approximate surface area is 264 Å². The number of aryl methyl sites for hydroxylation is 1. The van der Waals surface area contributed by atoms with Gasteiger partial charge >= 0.3 is 6.18 Å². The molecule has 14 heteroatoms. The van der Waals surface area contributed by atoms with E-state index >= 15 is 0 Å². The predicted octanol–water partition coefficient (Wildman–Crippen LogP) is 4.45. The van der Waals surface area contributed by atoms with Gasteiger partial charge in [-0.25, -0.2) is 4.68 Å². The van der Waals surface area contributed by atoms with E-state index in [9.17, 15) is 27.6 Å². The molecule has 2 aliphatic heterocycles. The number of likely N-dealkylation sites (tertiary alicyclic amines) is 1. The molecule has 1 saturated heterocycles. The summed E-state index contributed by atoms with van der Waals surface area (Å²) in [5.41, 5.74) is -1.00. The summed E-state index contributed by atoms with van der Waals surface area (Å²) in [6.45, 7) is 2.42. The van der Waals surface area contributed by atoms with Crippen LogP contribution in [0.15, 0.2) is 12.1 Å². The molecule has 0 bridgehead atoms. The van der Waals surface area contributed by atoms with Crippen molar-refractivity contribution in [3.63, 3.8) is 0 Å². The number of hydrogen-bond acceptors (Lipinski definition) is 6. The van der Waals surface area contributed by atoms with Crippen LogP contribution in [-0.4, -0.2) is 69.2 Å². The van der Waals surface area contributed by atoms with Crippen LogP contribution >= 0.6 is 11.6 Å². The van der Waals surface area contributed by atoms with E-state index in [-0.39, 0.29) is 41.1 Å². The minimum absolute atomic E-state index is 0.0127. The third kappa shape index (κ3) is 5.65. The zero-order valence-corrected chi connectivity index (χ0v) is 26.4. The number of nitrogens with one attached hydrogen (secondary N) is 1. The van der Waals surface area contributed by atoms with Crippen molar-refractivity contribution in [1.82, 2.24) is 30.1 Å². The zero-order chi connectivity index (χ0) is 32.3. The highest BCUT2D eigenvalue weighted by atomic mass is 35.5. The molecule has 1 N–H and O–H groups in total. The summed E-state index contributed by atoms with van der Waals surface area (Å²) < 4.78 is 48.0. The lowest BCUT2D eigenvalue weighted by Crippen LogP contribution is -2.54. The van der Waals surface area contributed by atoms with Crippen molar-refractivity contribution in [3.8, 4) is 5.75 Å². The van der Waals surface area contributed by atoms with Crippen molar-refractivity contribution in [1.29, 1.82) is 0 Å². The van der Waals surface area contributed by atoms with E-state index in [1.54, 1.807) is 29.0 Å². The molecule has 3 fully saturated rings. The molecule has 10 nitrogen and oxygen atoms in total. The number of fused-ring (bicyclic) bond motifs is 1. The van der Waals surface area contributed by atoms with E-state index in [1.165, 1.54) is 7.05 Å². The van der Waals surface area contributed by atoms with E-state index < -0.39 is 35.9 Å². The number of alkyl halides is 3. The molecule has 3 heterocycles. The fourth-order valence-corrected chi connectivity index (χ4v) is 7.96. The third-order valence-corrected chi connectivity index (χ3v) is 10.7. The van der Waals surface area contributed by atoms with Gasteiger partial charge in [0.15, 0.2) is 5.69 Å². The number of ether oxygens (including phenoxy) is 1. The number of nitrogens with zero attached hydrogens (tertiary/aromatic N) is 5. The molecule has 45 heavy (non-hydrogen) atoms. The van der Waals surface area contributed by atoms with Crippen LogP contribution in [0.3, 0.4) is 0 Å². The Morgan fingerprint density at radius 2 is 1.96 bits per heavy atom. The Balaban J connectivity index is 1.38. The highest BCUT2D eigenvalue weighted by Gasteiger charge is 2.54. The molecule has 0 radical (unpaired) electrons. The summed E-state index contributed by atoms with van der Waals surface area (Å²) in [4.78, 5) is 44.4. The first-order valence-electron chi connectivity index (χ1n) is 15.5. The van der Waals surface area contributed by atoms with E-state index in [2.05, 4.69) is 15.6 Å². The van der Waals surface area contributed by atoms with Gasteiger partial charge in [0, 0.05) is 50.7 Å². The molecule has 2 aromatic rings.